The molecule has 19 heavy (non-hydrogen) atoms. The maximum atomic E-state index is 11.0. The molecule has 0 saturated heterocycles. The van der Waals surface area contributed by atoms with Crippen molar-refractivity contribution in [2.75, 3.05) is 11.9 Å². The maximum absolute atomic E-state index is 11.0. The number of hydrogen-bond donors (Lipinski definition) is 1. The van der Waals surface area contributed by atoms with Crippen molar-refractivity contribution in [2.24, 2.45) is 0 Å². The van der Waals surface area contributed by atoms with E-state index in [1.165, 1.54) is 0 Å². The average molecular weight is 261 g/mol. The average Bonchev–Trinajstić information content (AvgIpc) is 2.87. The molecule has 0 saturated carbocycles. The fraction of sp³-hybridized carbons (Fsp3) is 0.333. The van der Waals surface area contributed by atoms with Crippen LogP contribution >= 0.6 is 0 Å². The number of nitrogens with one attached hydrogen (secondary N) is 1. The van der Waals surface area contributed by atoms with E-state index in [9.17, 15) is 10.1 Å². The molecule has 2 aromatic heterocycles. The third kappa shape index (κ3) is 3.27. The second-order valence-electron chi connectivity index (χ2n) is 4.16. The predicted molar refractivity (Wildman–Crippen MR) is 71.0 cm³/mol. The van der Waals surface area contributed by atoms with Gasteiger partial charge in [0.15, 0.2) is 0 Å². The maximum Gasteiger partial charge on any atom is 0.314 e. The summed E-state index contributed by atoms with van der Waals surface area (Å²) in [6, 6.07) is 1.63. The molecule has 0 atom stereocenters. The van der Waals surface area contributed by atoms with E-state index in [4.69, 9.17) is 0 Å². The molecule has 0 spiro atoms. The van der Waals surface area contributed by atoms with Gasteiger partial charge in [0, 0.05) is 37.2 Å². The van der Waals surface area contributed by atoms with Crippen LogP contribution in [0.25, 0.3) is 0 Å². The van der Waals surface area contributed by atoms with Crippen LogP contribution in [0.2, 0.25) is 0 Å². The first-order valence-corrected chi connectivity index (χ1v) is 5.98. The van der Waals surface area contributed by atoms with Gasteiger partial charge in [0.25, 0.3) is 0 Å². The van der Waals surface area contributed by atoms with Gasteiger partial charge >= 0.3 is 5.69 Å². The first-order valence-electron chi connectivity index (χ1n) is 5.98. The zero-order chi connectivity index (χ0) is 13.7. The van der Waals surface area contributed by atoms with Crippen LogP contribution in [-0.2, 0) is 6.54 Å². The molecule has 0 aliphatic carbocycles. The minimum absolute atomic E-state index is 0.0464. The minimum atomic E-state index is -0.402. The lowest BCUT2D eigenvalue weighted by molar-refractivity contribution is -0.384. The summed E-state index contributed by atoms with van der Waals surface area (Å²) in [5, 5.41) is 14.0. The van der Waals surface area contributed by atoms with Crippen LogP contribution in [0.4, 0.5) is 11.5 Å². The lowest BCUT2D eigenvalue weighted by Gasteiger charge is -2.07. The summed E-state index contributed by atoms with van der Waals surface area (Å²) < 4.78 is 1.96. The first-order chi connectivity index (χ1) is 9.18. The molecule has 0 aliphatic rings. The van der Waals surface area contributed by atoms with E-state index in [2.05, 4.69) is 15.3 Å². The fourth-order valence-corrected chi connectivity index (χ4v) is 1.80. The second kappa shape index (κ2) is 5.94. The van der Waals surface area contributed by atoms with Crippen molar-refractivity contribution in [3.8, 4) is 0 Å². The Balaban J connectivity index is 1.92. The van der Waals surface area contributed by atoms with Crippen LogP contribution in [0.1, 0.15) is 12.0 Å². The van der Waals surface area contributed by atoms with Crippen molar-refractivity contribution < 1.29 is 4.92 Å². The molecule has 1 N–H and O–H groups in total. The smallest absolute Gasteiger partial charge is 0.314 e. The van der Waals surface area contributed by atoms with E-state index >= 15 is 0 Å². The van der Waals surface area contributed by atoms with Gasteiger partial charge in [0.1, 0.15) is 0 Å². The van der Waals surface area contributed by atoms with E-state index in [0.29, 0.717) is 17.9 Å². The number of pyridine rings is 1. The molecule has 0 amide bonds. The highest BCUT2D eigenvalue weighted by atomic mass is 16.6. The molecular weight excluding hydrogens is 246 g/mol. The molecule has 0 bridgehead atoms. The normalized spacial score (nSPS) is 10.4. The van der Waals surface area contributed by atoms with E-state index in [1.54, 1.807) is 31.7 Å². The Hall–Kier alpha value is -2.44. The molecule has 0 aliphatic heterocycles. The standard InChI is InChI=1S/C12H15N5O2/c1-10-3-5-15-12(11(10)17(18)19)14-4-2-7-16-8-6-13-9-16/h3,5-6,8-9H,2,4,7H2,1H3,(H,14,15). The summed E-state index contributed by atoms with van der Waals surface area (Å²) in [5.74, 6) is 0.329. The Labute approximate surface area is 110 Å². The number of imidazole rings is 1. The number of anilines is 1. The minimum Gasteiger partial charge on any atom is -0.364 e. The van der Waals surface area contributed by atoms with Gasteiger partial charge in [-0.25, -0.2) is 9.97 Å². The van der Waals surface area contributed by atoms with Gasteiger partial charge in [-0.3, -0.25) is 10.1 Å². The van der Waals surface area contributed by atoms with Gasteiger partial charge in [-0.05, 0) is 19.4 Å². The van der Waals surface area contributed by atoms with Crippen molar-refractivity contribution in [3.63, 3.8) is 0 Å². The lowest BCUT2D eigenvalue weighted by Crippen LogP contribution is -2.09. The molecule has 0 unspecified atom stereocenters. The van der Waals surface area contributed by atoms with Gasteiger partial charge in [-0.15, -0.1) is 0 Å². The lowest BCUT2D eigenvalue weighted by atomic mass is 10.2. The highest BCUT2D eigenvalue weighted by molar-refractivity contribution is 5.59. The quantitative estimate of drug-likeness (QED) is 0.488. The number of rotatable bonds is 6. The Bertz CT molecular complexity index is 553. The molecule has 0 radical (unpaired) electrons. The Kier molecular flexibility index (Phi) is 4.07. The van der Waals surface area contributed by atoms with Crippen molar-refractivity contribution in [1.82, 2.24) is 14.5 Å². The fourth-order valence-electron chi connectivity index (χ4n) is 1.80. The number of nitro groups is 1. The van der Waals surface area contributed by atoms with Gasteiger partial charge in [0.2, 0.25) is 5.82 Å². The Morgan fingerprint density at radius 2 is 2.32 bits per heavy atom. The third-order valence-electron chi connectivity index (χ3n) is 2.75. The van der Waals surface area contributed by atoms with Gasteiger partial charge in [-0.1, -0.05) is 0 Å². The Morgan fingerprint density at radius 1 is 1.47 bits per heavy atom. The van der Waals surface area contributed by atoms with Crippen LogP contribution < -0.4 is 5.32 Å². The summed E-state index contributed by atoms with van der Waals surface area (Å²) in [7, 11) is 0. The summed E-state index contributed by atoms with van der Waals surface area (Å²) in [5.41, 5.74) is 0.655. The van der Waals surface area contributed by atoms with Crippen LogP contribution in [-0.4, -0.2) is 26.0 Å². The molecule has 7 nitrogen and oxygen atoms in total. The van der Waals surface area contributed by atoms with Gasteiger partial charge < -0.3 is 9.88 Å². The molecule has 100 valence electrons. The monoisotopic (exact) mass is 261 g/mol. The van der Waals surface area contributed by atoms with Gasteiger partial charge in [-0.2, -0.15) is 0 Å². The molecular formula is C12H15N5O2. The number of hydrogen-bond acceptors (Lipinski definition) is 5. The summed E-state index contributed by atoms with van der Waals surface area (Å²) >= 11 is 0. The van der Waals surface area contributed by atoms with Crippen molar-refractivity contribution in [3.05, 3.63) is 46.7 Å². The zero-order valence-electron chi connectivity index (χ0n) is 10.6. The molecule has 7 heteroatoms. The molecule has 0 fully saturated rings. The molecule has 2 rings (SSSR count). The van der Waals surface area contributed by atoms with Crippen molar-refractivity contribution >= 4 is 11.5 Å². The predicted octanol–water partition coefficient (Wildman–Crippen LogP) is 2.00. The van der Waals surface area contributed by atoms with E-state index in [0.717, 1.165) is 13.0 Å². The van der Waals surface area contributed by atoms with Gasteiger partial charge in [0.05, 0.1) is 11.3 Å². The van der Waals surface area contributed by atoms with E-state index < -0.39 is 4.92 Å². The largest absolute Gasteiger partial charge is 0.364 e. The summed E-state index contributed by atoms with van der Waals surface area (Å²) in [4.78, 5) is 18.5. The number of aromatic nitrogens is 3. The SMILES string of the molecule is Cc1ccnc(NCCCn2ccnc2)c1[N+](=O)[O-]. The first kappa shape index (κ1) is 13.0. The molecule has 2 aromatic rings. The van der Waals surface area contributed by atoms with Crippen LogP contribution in [0.5, 0.6) is 0 Å². The molecule has 2 heterocycles. The Morgan fingerprint density at radius 3 is 3.00 bits per heavy atom. The van der Waals surface area contributed by atoms with E-state index in [1.807, 2.05) is 10.8 Å². The topological polar surface area (TPSA) is 85.9 Å². The second-order valence-corrected chi connectivity index (χ2v) is 4.16. The van der Waals surface area contributed by atoms with Crippen LogP contribution in [0, 0.1) is 17.0 Å². The number of nitrogens with zero attached hydrogens (tertiary/aromatic N) is 4. The highest BCUT2D eigenvalue weighted by Gasteiger charge is 2.17. The van der Waals surface area contributed by atoms with E-state index in [-0.39, 0.29) is 5.69 Å². The van der Waals surface area contributed by atoms with Crippen molar-refractivity contribution in [2.45, 2.75) is 19.9 Å². The van der Waals surface area contributed by atoms with Crippen LogP contribution in [0.15, 0.2) is 31.0 Å². The zero-order valence-corrected chi connectivity index (χ0v) is 10.6. The van der Waals surface area contributed by atoms with Crippen molar-refractivity contribution in [1.29, 1.82) is 0 Å². The summed E-state index contributed by atoms with van der Waals surface area (Å²) in [6.07, 6.45) is 7.75. The number of aryl methyl sites for hydroxylation is 2. The van der Waals surface area contributed by atoms with Crippen LogP contribution in [0.3, 0.4) is 0 Å². The highest BCUT2D eigenvalue weighted by Crippen LogP contribution is 2.25. The summed E-state index contributed by atoms with van der Waals surface area (Å²) in [6.45, 7) is 3.14. The third-order valence-corrected chi connectivity index (χ3v) is 2.75. The molecule has 0 aromatic carbocycles.